The van der Waals surface area contributed by atoms with Gasteiger partial charge in [0.05, 0.1) is 11.5 Å². The average Bonchev–Trinajstić information content (AvgIpc) is 2.83. The van der Waals surface area contributed by atoms with Crippen LogP contribution in [0.25, 0.3) is 0 Å². The van der Waals surface area contributed by atoms with Gasteiger partial charge in [0.1, 0.15) is 0 Å². The molecule has 0 bridgehead atoms. The van der Waals surface area contributed by atoms with E-state index in [1.807, 2.05) is 0 Å². The molecule has 2 saturated heterocycles. The van der Waals surface area contributed by atoms with Gasteiger partial charge in [0.15, 0.2) is 9.84 Å². The van der Waals surface area contributed by atoms with Crippen molar-refractivity contribution in [1.29, 1.82) is 0 Å². The van der Waals surface area contributed by atoms with Crippen LogP contribution in [-0.4, -0.2) is 55.0 Å². The SMILES string of the molecule is CC1(C)CN(C2CCS(=O)(=O)C2)CC2(CCCC2)N1. The summed E-state index contributed by atoms with van der Waals surface area (Å²) >= 11 is 0. The normalized spacial score (nSPS) is 36.8. The fourth-order valence-corrected chi connectivity index (χ4v) is 6.17. The van der Waals surface area contributed by atoms with E-state index in [4.69, 9.17) is 0 Å². The molecule has 4 nitrogen and oxygen atoms in total. The summed E-state index contributed by atoms with van der Waals surface area (Å²) in [5.41, 5.74) is 0.336. The van der Waals surface area contributed by atoms with Crippen LogP contribution in [0.4, 0.5) is 0 Å². The van der Waals surface area contributed by atoms with Gasteiger partial charge in [-0.25, -0.2) is 8.42 Å². The van der Waals surface area contributed by atoms with E-state index in [-0.39, 0.29) is 17.1 Å². The third kappa shape index (κ3) is 2.83. The second-order valence-electron chi connectivity index (χ2n) is 7.46. The highest BCUT2D eigenvalue weighted by atomic mass is 32.2. The summed E-state index contributed by atoms with van der Waals surface area (Å²) in [6.07, 6.45) is 5.92. The van der Waals surface area contributed by atoms with Crippen molar-refractivity contribution < 1.29 is 8.42 Å². The van der Waals surface area contributed by atoms with Gasteiger partial charge in [-0.3, -0.25) is 4.90 Å². The highest BCUT2D eigenvalue weighted by Gasteiger charge is 2.47. The van der Waals surface area contributed by atoms with Crippen LogP contribution in [0.3, 0.4) is 0 Å². The summed E-state index contributed by atoms with van der Waals surface area (Å²) in [6, 6.07) is 0.254. The summed E-state index contributed by atoms with van der Waals surface area (Å²) in [5, 5.41) is 3.85. The molecule has 3 rings (SSSR count). The number of hydrogen-bond acceptors (Lipinski definition) is 4. The number of hydrogen-bond donors (Lipinski definition) is 1. The van der Waals surface area contributed by atoms with Gasteiger partial charge in [0.25, 0.3) is 0 Å². The molecule has 5 heteroatoms. The molecule has 0 aromatic heterocycles. The summed E-state index contributed by atoms with van der Waals surface area (Å²) in [4.78, 5) is 2.46. The first-order valence-corrected chi connectivity index (χ1v) is 9.35. The molecule has 2 heterocycles. The molecule has 1 aliphatic carbocycles. The zero-order chi connectivity index (χ0) is 13.7. The number of nitrogens with one attached hydrogen (secondary N) is 1. The lowest BCUT2D eigenvalue weighted by molar-refractivity contribution is 0.0395. The van der Waals surface area contributed by atoms with Crippen LogP contribution < -0.4 is 5.32 Å². The molecule has 19 heavy (non-hydrogen) atoms. The maximum atomic E-state index is 11.7. The second kappa shape index (κ2) is 4.43. The van der Waals surface area contributed by atoms with E-state index in [1.54, 1.807) is 0 Å². The maximum Gasteiger partial charge on any atom is 0.151 e. The van der Waals surface area contributed by atoms with Crippen LogP contribution in [-0.2, 0) is 9.84 Å². The number of nitrogens with zero attached hydrogens (tertiary/aromatic N) is 1. The standard InChI is InChI=1S/C14H26N2O2S/c1-13(2)10-16(12-5-8-19(17,18)9-12)11-14(15-13)6-3-4-7-14/h12,15H,3-11H2,1-2H3. The Bertz CT molecular complexity index is 452. The van der Waals surface area contributed by atoms with Crippen LogP contribution in [0.1, 0.15) is 46.0 Å². The first-order chi connectivity index (χ1) is 8.79. The Morgan fingerprint density at radius 1 is 1.16 bits per heavy atom. The van der Waals surface area contributed by atoms with E-state index in [1.165, 1.54) is 25.7 Å². The molecule has 1 spiro atoms. The van der Waals surface area contributed by atoms with Crippen LogP contribution in [0.15, 0.2) is 0 Å². The van der Waals surface area contributed by atoms with Crippen molar-refractivity contribution in [2.45, 2.75) is 63.1 Å². The van der Waals surface area contributed by atoms with Crippen molar-refractivity contribution in [3.05, 3.63) is 0 Å². The molecule has 1 saturated carbocycles. The van der Waals surface area contributed by atoms with Gasteiger partial charge in [0.2, 0.25) is 0 Å². The highest BCUT2D eigenvalue weighted by Crippen LogP contribution is 2.37. The molecular formula is C14H26N2O2S. The Morgan fingerprint density at radius 2 is 1.84 bits per heavy atom. The summed E-state index contributed by atoms with van der Waals surface area (Å²) in [7, 11) is -2.78. The Morgan fingerprint density at radius 3 is 2.42 bits per heavy atom. The van der Waals surface area contributed by atoms with Gasteiger partial charge in [-0.2, -0.15) is 0 Å². The van der Waals surface area contributed by atoms with Crippen LogP contribution >= 0.6 is 0 Å². The molecule has 1 atom stereocenters. The average molecular weight is 286 g/mol. The lowest BCUT2D eigenvalue weighted by Crippen LogP contribution is -2.69. The molecule has 0 amide bonds. The summed E-state index contributed by atoms with van der Waals surface area (Å²) in [5.74, 6) is 0.758. The van der Waals surface area contributed by atoms with Crippen LogP contribution in [0.2, 0.25) is 0 Å². The van der Waals surface area contributed by atoms with E-state index in [2.05, 4.69) is 24.1 Å². The van der Waals surface area contributed by atoms with E-state index in [9.17, 15) is 8.42 Å². The number of sulfone groups is 1. The van der Waals surface area contributed by atoms with Gasteiger partial charge >= 0.3 is 0 Å². The number of piperazine rings is 1. The summed E-state index contributed by atoms with van der Waals surface area (Å²) < 4.78 is 23.4. The zero-order valence-electron chi connectivity index (χ0n) is 12.1. The largest absolute Gasteiger partial charge is 0.304 e. The minimum Gasteiger partial charge on any atom is -0.304 e. The molecule has 0 aromatic rings. The minimum absolute atomic E-state index is 0.0922. The predicted octanol–water partition coefficient (Wildman–Crippen LogP) is 1.17. The smallest absolute Gasteiger partial charge is 0.151 e. The van der Waals surface area contributed by atoms with Crippen molar-refractivity contribution in [2.75, 3.05) is 24.6 Å². The van der Waals surface area contributed by atoms with Gasteiger partial charge in [-0.15, -0.1) is 0 Å². The van der Waals surface area contributed by atoms with E-state index < -0.39 is 9.84 Å². The summed E-state index contributed by atoms with van der Waals surface area (Å²) in [6.45, 7) is 6.51. The van der Waals surface area contributed by atoms with Crippen molar-refractivity contribution in [3.63, 3.8) is 0 Å². The lowest BCUT2D eigenvalue weighted by atomic mass is 9.86. The molecular weight excluding hydrogens is 260 g/mol. The Labute approximate surface area is 116 Å². The monoisotopic (exact) mass is 286 g/mol. The molecule has 0 aromatic carbocycles. The quantitative estimate of drug-likeness (QED) is 0.786. The third-order valence-corrected chi connectivity index (χ3v) is 6.74. The molecule has 110 valence electrons. The second-order valence-corrected chi connectivity index (χ2v) is 9.69. The third-order valence-electron chi connectivity index (χ3n) is 4.99. The fourth-order valence-electron chi connectivity index (χ4n) is 4.41. The van der Waals surface area contributed by atoms with Crippen molar-refractivity contribution in [2.24, 2.45) is 0 Å². The zero-order valence-corrected chi connectivity index (χ0v) is 12.9. The van der Waals surface area contributed by atoms with Crippen molar-refractivity contribution >= 4 is 9.84 Å². The minimum atomic E-state index is -2.78. The van der Waals surface area contributed by atoms with Gasteiger partial charge < -0.3 is 5.32 Å². The topological polar surface area (TPSA) is 49.4 Å². The Balaban J connectivity index is 1.78. The fraction of sp³-hybridized carbons (Fsp3) is 1.00. The molecule has 3 aliphatic rings. The molecule has 3 fully saturated rings. The Kier molecular flexibility index (Phi) is 3.23. The van der Waals surface area contributed by atoms with Crippen LogP contribution in [0, 0.1) is 0 Å². The molecule has 0 radical (unpaired) electrons. The van der Waals surface area contributed by atoms with Gasteiger partial charge in [0, 0.05) is 30.2 Å². The van der Waals surface area contributed by atoms with E-state index in [0.717, 1.165) is 19.5 Å². The first kappa shape index (κ1) is 13.8. The lowest BCUT2D eigenvalue weighted by Gasteiger charge is -2.51. The van der Waals surface area contributed by atoms with Crippen LogP contribution in [0.5, 0.6) is 0 Å². The molecule has 2 aliphatic heterocycles. The first-order valence-electron chi connectivity index (χ1n) is 7.53. The predicted molar refractivity (Wildman–Crippen MR) is 77.0 cm³/mol. The van der Waals surface area contributed by atoms with Crippen molar-refractivity contribution in [3.8, 4) is 0 Å². The van der Waals surface area contributed by atoms with Crippen molar-refractivity contribution in [1.82, 2.24) is 10.2 Å². The molecule has 1 N–H and O–H groups in total. The molecule has 1 unspecified atom stereocenters. The van der Waals surface area contributed by atoms with E-state index >= 15 is 0 Å². The number of rotatable bonds is 1. The van der Waals surface area contributed by atoms with Gasteiger partial charge in [-0.1, -0.05) is 12.8 Å². The highest BCUT2D eigenvalue weighted by molar-refractivity contribution is 7.91. The maximum absolute atomic E-state index is 11.7. The van der Waals surface area contributed by atoms with Gasteiger partial charge in [-0.05, 0) is 33.1 Å². The van der Waals surface area contributed by atoms with E-state index in [0.29, 0.717) is 11.5 Å². The Hall–Kier alpha value is -0.130.